The van der Waals surface area contributed by atoms with Gasteiger partial charge in [-0.2, -0.15) is 4.31 Å². The lowest BCUT2D eigenvalue weighted by atomic mass is 9.99. The number of anilines is 1. The zero-order valence-corrected chi connectivity index (χ0v) is 17.9. The van der Waals surface area contributed by atoms with Crippen LogP contribution in [0.15, 0.2) is 41.3 Å². The third kappa shape index (κ3) is 4.40. The Morgan fingerprint density at radius 2 is 1.71 bits per heavy atom. The Kier molecular flexibility index (Phi) is 6.12. The maximum atomic E-state index is 13.3. The van der Waals surface area contributed by atoms with E-state index in [0.717, 1.165) is 16.7 Å². The van der Waals surface area contributed by atoms with E-state index in [1.54, 1.807) is 24.3 Å². The van der Waals surface area contributed by atoms with E-state index in [1.165, 1.54) is 4.31 Å². The van der Waals surface area contributed by atoms with E-state index in [-0.39, 0.29) is 18.4 Å². The van der Waals surface area contributed by atoms with Gasteiger partial charge < -0.3 is 5.32 Å². The van der Waals surface area contributed by atoms with Gasteiger partial charge in [-0.1, -0.05) is 29.3 Å². The SMILES string of the molecule is Cc1cc(C)c(S(=O)(=O)N2CCCC(C(=O)Nc3ccc(Cl)cc3)C2)c(C)c1. The van der Waals surface area contributed by atoms with Crippen LogP contribution < -0.4 is 5.32 Å². The van der Waals surface area contributed by atoms with Crippen molar-refractivity contribution in [1.29, 1.82) is 0 Å². The van der Waals surface area contributed by atoms with E-state index in [0.29, 0.717) is 35.0 Å². The minimum absolute atomic E-state index is 0.167. The normalized spacial score (nSPS) is 18.1. The number of amides is 1. The third-order valence-electron chi connectivity index (χ3n) is 5.07. The van der Waals surface area contributed by atoms with Gasteiger partial charge in [0.25, 0.3) is 0 Å². The Morgan fingerprint density at radius 1 is 1.11 bits per heavy atom. The molecule has 5 nitrogen and oxygen atoms in total. The first-order valence-electron chi connectivity index (χ1n) is 9.33. The summed E-state index contributed by atoms with van der Waals surface area (Å²) in [6.45, 7) is 6.21. The van der Waals surface area contributed by atoms with E-state index >= 15 is 0 Å². The fraction of sp³-hybridized carbons (Fsp3) is 0.381. The molecule has 1 atom stereocenters. The lowest BCUT2D eigenvalue weighted by Crippen LogP contribution is -2.44. The zero-order chi connectivity index (χ0) is 20.5. The summed E-state index contributed by atoms with van der Waals surface area (Å²) in [6, 6.07) is 10.6. The fourth-order valence-electron chi connectivity index (χ4n) is 3.86. The van der Waals surface area contributed by atoms with Crippen LogP contribution in [0.3, 0.4) is 0 Å². The molecule has 1 unspecified atom stereocenters. The number of halogens is 1. The maximum absolute atomic E-state index is 13.3. The highest BCUT2D eigenvalue weighted by atomic mass is 35.5. The van der Waals surface area contributed by atoms with Gasteiger partial charge in [-0.15, -0.1) is 0 Å². The summed E-state index contributed by atoms with van der Waals surface area (Å²) in [7, 11) is -3.65. The number of benzene rings is 2. The molecule has 150 valence electrons. The molecule has 2 aromatic rings. The Morgan fingerprint density at radius 3 is 2.32 bits per heavy atom. The second-order valence-electron chi connectivity index (χ2n) is 7.43. The molecular formula is C21H25ClN2O3S. The lowest BCUT2D eigenvalue weighted by Gasteiger charge is -2.32. The van der Waals surface area contributed by atoms with Crippen molar-refractivity contribution in [1.82, 2.24) is 4.31 Å². The molecule has 1 saturated heterocycles. The highest BCUT2D eigenvalue weighted by molar-refractivity contribution is 7.89. The quantitative estimate of drug-likeness (QED) is 0.801. The first-order chi connectivity index (χ1) is 13.2. The number of carbonyl (C=O) groups excluding carboxylic acids is 1. The molecule has 7 heteroatoms. The summed E-state index contributed by atoms with van der Waals surface area (Å²) in [6.07, 6.45) is 1.32. The number of hydrogen-bond donors (Lipinski definition) is 1. The second-order valence-corrected chi connectivity index (χ2v) is 9.74. The van der Waals surface area contributed by atoms with Crippen molar-refractivity contribution < 1.29 is 13.2 Å². The Balaban J connectivity index is 1.79. The van der Waals surface area contributed by atoms with E-state index in [2.05, 4.69) is 5.32 Å². The molecule has 1 amide bonds. The van der Waals surface area contributed by atoms with Crippen molar-refractivity contribution >= 4 is 33.2 Å². The van der Waals surface area contributed by atoms with Crippen LogP contribution in [0.5, 0.6) is 0 Å². The molecule has 0 saturated carbocycles. The topological polar surface area (TPSA) is 66.5 Å². The Hall–Kier alpha value is -1.89. The summed E-state index contributed by atoms with van der Waals surface area (Å²) in [5.41, 5.74) is 3.17. The number of sulfonamides is 1. The van der Waals surface area contributed by atoms with Crippen LogP contribution in [0.25, 0.3) is 0 Å². The van der Waals surface area contributed by atoms with Crippen LogP contribution in [0.2, 0.25) is 5.02 Å². The van der Waals surface area contributed by atoms with Crippen LogP contribution in [0.1, 0.15) is 29.5 Å². The summed E-state index contributed by atoms with van der Waals surface area (Å²) < 4.78 is 28.0. The number of hydrogen-bond acceptors (Lipinski definition) is 3. The average molecular weight is 421 g/mol. The molecule has 1 aliphatic heterocycles. The predicted molar refractivity (Wildman–Crippen MR) is 112 cm³/mol. The lowest BCUT2D eigenvalue weighted by molar-refractivity contribution is -0.120. The van der Waals surface area contributed by atoms with Crippen LogP contribution in [-0.2, 0) is 14.8 Å². The van der Waals surface area contributed by atoms with Gasteiger partial charge in [-0.05, 0) is 69.0 Å². The summed E-state index contributed by atoms with van der Waals surface area (Å²) in [4.78, 5) is 13.0. The average Bonchev–Trinajstić information content (AvgIpc) is 2.62. The van der Waals surface area contributed by atoms with Crippen molar-refractivity contribution in [3.63, 3.8) is 0 Å². The molecular weight excluding hydrogens is 396 g/mol. The van der Waals surface area contributed by atoms with Gasteiger partial charge >= 0.3 is 0 Å². The number of nitrogens with one attached hydrogen (secondary N) is 1. The Labute approximate surface area is 171 Å². The molecule has 0 bridgehead atoms. The number of nitrogens with zero attached hydrogens (tertiary/aromatic N) is 1. The molecule has 1 N–H and O–H groups in total. The number of rotatable bonds is 4. The van der Waals surface area contributed by atoms with Gasteiger partial charge in [0.2, 0.25) is 15.9 Å². The molecule has 0 spiro atoms. The van der Waals surface area contributed by atoms with Crippen molar-refractivity contribution in [3.05, 3.63) is 58.1 Å². The molecule has 0 aliphatic carbocycles. The smallest absolute Gasteiger partial charge is 0.243 e. The summed E-state index contributed by atoms with van der Waals surface area (Å²) in [5.74, 6) is -0.551. The number of piperidine rings is 1. The standard InChI is InChI=1S/C21H25ClN2O3S/c1-14-11-15(2)20(16(3)12-14)28(26,27)24-10-4-5-17(13-24)21(25)23-19-8-6-18(22)7-9-19/h6-9,11-12,17H,4-5,10,13H2,1-3H3,(H,23,25). The van der Waals surface area contributed by atoms with E-state index < -0.39 is 10.0 Å². The van der Waals surface area contributed by atoms with Crippen LogP contribution in [-0.4, -0.2) is 31.7 Å². The molecule has 1 aliphatic rings. The number of carbonyl (C=O) groups is 1. The van der Waals surface area contributed by atoms with Gasteiger partial charge in [0.05, 0.1) is 10.8 Å². The highest BCUT2D eigenvalue weighted by Gasteiger charge is 2.34. The molecule has 1 fully saturated rings. The van der Waals surface area contributed by atoms with Crippen molar-refractivity contribution in [3.8, 4) is 0 Å². The van der Waals surface area contributed by atoms with E-state index in [1.807, 2.05) is 32.9 Å². The van der Waals surface area contributed by atoms with Gasteiger partial charge in [0.1, 0.15) is 0 Å². The van der Waals surface area contributed by atoms with Crippen LogP contribution in [0, 0.1) is 26.7 Å². The molecule has 2 aromatic carbocycles. The maximum Gasteiger partial charge on any atom is 0.243 e. The van der Waals surface area contributed by atoms with Crippen LogP contribution >= 0.6 is 11.6 Å². The molecule has 1 heterocycles. The van der Waals surface area contributed by atoms with Crippen molar-refractivity contribution in [2.45, 2.75) is 38.5 Å². The van der Waals surface area contributed by atoms with E-state index in [9.17, 15) is 13.2 Å². The fourth-order valence-corrected chi connectivity index (χ4v) is 5.92. The highest BCUT2D eigenvalue weighted by Crippen LogP contribution is 2.29. The summed E-state index contributed by atoms with van der Waals surface area (Å²) >= 11 is 5.87. The summed E-state index contributed by atoms with van der Waals surface area (Å²) in [5, 5.41) is 3.46. The van der Waals surface area contributed by atoms with Gasteiger partial charge in [-0.3, -0.25) is 4.79 Å². The van der Waals surface area contributed by atoms with Gasteiger partial charge in [0.15, 0.2) is 0 Å². The van der Waals surface area contributed by atoms with Crippen molar-refractivity contribution in [2.24, 2.45) is 5.92 Å². The third-order valence-corrected chi connectivity index (χ3v) is 7.49. The monoisotopic (exact) mass is 420 g/mol. The minimum atomic E-state index is -3.65. The number of aryl methyl sites for hydroxylation is 3. The second kappa shape index (κ2) is 8.23. The first kappa shape index (κ1) is 20.8. The largest absolute Gasteiger partial charge is 0.326 e. The van der Waals surface area contributed by atoms with Crippen LogP contribution in [0.4, 0.5) is 5.69 Å². The molecule has 28 heavy (non-hydrogen) atoms. The predicted octanol–water partition coefficient (Wildman–Crippen LogP) is 4.30. The molecule has 0 radical (unpaired) electrons. The molecule has 0 aromatic heterocycles. The Bertz CT molecular complexity index is 964. The zero-order valence-electron chi connectivity index (χ0n) is 16.3. The first-order valence-corrected chi connectivity index (χ1v) is 11.1. The van der Waals surface area contributed by atoms with Gasteiger partial charge in [-0.25, -0.2) is 8.42 Å². The minimum Gasteiger partial charge on any atom is -0.326 e. The molecule has 3 rings (SSSR count). The van der Waals surface area contributed by atoms with Gasteiger partial charge in [0, 0.05) is 23.8 Å². The van der Waals surface area contributed by atoms with E-state index in [4.69, 9.17) is 11.6 Å². The van der Waals surface area contributed by atoms with Crippen molar-refractivity contribution in [2.75, 3.05) is 18.4 Å².